The summed E-state index contributed by atoms with van der Waals surface area (Å²) in [5.41, 5.74) is 4.58. The number of rotatable bonds is 5. The SMILES string of the molecule is COC(=O)c1ccc(/C=N\NC(=O)c2ccc(NC(C)=O)cc2)cc1. The van der Waals surface area contributed by atoms with Gasteiger partial charge in [-0.15, -0.1) is 0 Å². The average Bonchev–Trinajstić information content (AvgIpc) is 2.61. The summed E-state index contributed by atoms with van der Waals surface area (Å²) < 4.78 is 4.61. The highest BCUT2D eigenvalue weighted by atomic mass is 16.5. The smallest absolute Gasteiger partial charge is 0.337 e. The van der Waals surface area contributed by atoms with Crippen LogP contribution in [0.15, 0.2) is 53.6 Å². The van der Waals surface area contributed by atoms with Crippen molar-refractivity contribution in [2.24, 2.45) is 5.10 Å². The molecule has 0 spiro atoms. The van der Waals surface area contributed by atoms with Crippen LogP contribution in [0.2, 0.25) is 0 Å². The zero-order valence-electron chi connectivity index (χ0n) is 13.8. The number of hydrazone groups is 1. The van der Waals surface area contributed by atoms with Gasteiger partial charge in [-0.2, -0.15) is 5.10 Å². The van der Waals surface area contributed by atoms with Gasteiger partial charge < -0.3 is 10.1 Å². The van der Waals surface area contributed by atoms with Crippen LogP contribution in [0.5, 0.6) is 0 Å². The van der Waals surface area contributed by atoms with E-state index in [0.717, 1.165) is 0 Å². The topological polar surface area (TPSA) is 96.9 Å². The maximum absolute atomic E-state index is 12.0. The molecule has 2 aromatic carbocycles. The Morgan fingerprint density at radius 2 is 1.56 bits per heavy atom. The minimum atomic E-state index is -0.417. The number of anilines is 1. The number of carbonyl (C=O) groups is 3. The summed E-state index contributed by atoms with van der Waals surface area (Å²) in [6, 6.07) is 13.0. The van der Waals surface area contributed by atoms with E-state index in [4.69, 9.17) is 0 Å². The molecule has 0 bridgehead atoms. The standard InChI is InChI=1S/C18H17N3O4/c1-12(22)20-16-9-7-14(8-10-16)17(23)21-19-11-13-3-5-15(6-4-13)18(24)25-2/h3-11H,1-2H3,(H,20,22)(H,21,23)/b19-11-. The molecular weight excluding hydrogens is 322 g/mol. The monoisotopic (exact) mass is 339 g/mol. The van der Waals surface area contributed by atoms with E-state index in [2.05, 4.69) is 20.6 Å². The second-order valence-corrected chi connectivity index (χ2v) is 5.07. The van der Waals surface area contributed by atoms with Gasteiger partial charge in [0.2, 0.25) is 5.91 Å². The molecule has 0 aliphatic carbocycles. The van der Waals surface area contributed by atoms with Crippen LogP contribution in [0.25, 0.3) is 0 Å². The van der Waals surface area contributed by atoms with Gasteiger partial charge in [-0.05, 0) is 42.0 Å². The van der Waals surface area contributed by atoms with Gasteiger partial charge in [0.05, 0.1) is 18.9 Å². The molecule has 0 aromatic heterocycles. The highest BCUT2D eigenvalue weighted by Gasteiger charge is 2.05. The van der Waals surface area contributed by atoms with Crippen molar-refractivity contribution >= 4 is 29.7 Å². The van der Waals surface area contributed by atoms with Crippen LogP contribution < -0.4 is 10.7 Å². The first-order valence-electron chi connectivity index (χ1n) is 7.39. The summed E-state index contributed by atoms with van der Waals surface area (Å²) in [7, 11) is 1.32. The third-order valence-corrected chi connectivity index (χ3v) is 3.18. The summed E-state index contributed by atoms with van der Waals surface area (Å²) >= 11 is 0. The van der Waals surface area contributed by atoms with E-state index in [9.17, 15) is 14.4 Å². The predicted octanol–water partition coefficient (Wildman–Crippen LogP) is 2.20. The third kappa shape index (κ3) is 5.28. The van der Waals surface area contributed by atoms with Crippen molar-refractivity contribution in [1.29, 1.82) is 0 Å². The number of nitrogens with one attached hydrogen (secondary N) is 2. The van der Waals surface area contributed by atoms with Crippen molar-refractivity contribution in [1.82, 2.24) is 5.43 Å². The van der Waals surface area contributed by atoms with Crippen LogP contribution >= 0.6 is 0 Å². The van der Waals surface area contributed by atoms with Gasteiger partial charge in [0.15, 0.2) is 0 Å². The fourth-order valence-electron chi connectivity index (χ4n) is 1.96. The molecule has 2 rings (SSSR count). The van der Waals surface area contributed by atoms with Gasteiger partial charge >= 0.3 is 5.97 Å². The van der Waals surface area contributed by atoms with Crippen LogP contribution in [-0.4, -0.2) is 31.1 Å². The van der Waals surface area contributed by atoms with Crippen molar-refractivity contribution < 1.29 is 19.1 Å². The molecule has 0 unspecified atom stereocenters. The first kappa shape index (κ1) is 17.9. The minimum Gasteiger partial charge on any atom is -0.465 e. The highest BCUT2D eigenvalue weighted by Crippen LogP contribution is 2.09. The van der Waals surface area contributed by atoms with E-state index in [0.29, 0.717) is 22.4 Å². The maximum atomic E-state index is 12.0. The number of methoxy groups -OCH3 is 1. The summed E-state index contributed by atoms with van der Waals surface area (Å²) in [4.78, 5) is 34.3. The van der Waals surface area contributed by atoms with Gasteiger partial charge in [0.25, 0.3) is 5.91 Å². The molecule has 0 saturated heterocycles. The number of ether oxygens (including phenoxy) is 1. The lowest BCUT2D eigenvalue weighted by Crippen LogP contribution is -2.17. The molecule has 128 valence electrons. The Kier molecular flexibility index (Phi) is 6.00. The molecule has 0 fully saturated rings. The minimum absolute atomic E-state index is 0.181. The van der Waals surface area contributed by atoms with Gasteiger partial charge in [-0.1, -0.05) is 12.1 Å². The number of hydrogen-bond acceptors (Lipinski definition) is 5. The van der Waals surface area contributed by atoms with E-state index >= 15 is 0 Å². The van der Waals surface area contributed by atoms with Crippen LogP contribution in [-0.2, 0) is 9.53 Å². The number of esters is 1. The Hall–Kier alpha value is -3.48. The van der Waals surface area contributed by atoms with E-state index in [1.807, 2.05) is 0 Å². The van der Waals surface area contributed by atoms with E-state index in [-0.39, 0.29) is 11.8 Å². The van der Waals surface area contributed by atoms with E-state index in [1.165, 1.54) is 20.2 Å². The summed E-state index contributed by atoms with van der Waals surface area (Å²) in [6.45, 7) is 1.41. The molecule has 0 aliphatic heterocycles. The molecule has 7 heteroatoms. The zero-order valence-corrected chi connectivity index (χ0v) is 13.8. The normalized spacial score (nSPS) is 10.3. The van der Waals surface area contributed by atoms with Crippen molar-refractivity contribution in [3.8, 4) is 0 Å². The van der Waals surface area contributed by atoms with Crippen molar-refractivity contribution in [2.75, 3.05) is 12.4 Å². The third-order valence-electron chi connectivity index (χ3n) is 3.18. The van der Waals surface area contributed by atoms with E-state index in [1.54, 1.807) is 48.5 Å². The lowest BCUT2D eigenvalue weighted by atomic mass is 10.1. The molecular formula is C18H17N3O4. The van der Waals surface area contributed by atoms with Crippen LogP contribution in [0.1, 0.15) is 33.2 Å². The number of amides is 2. The predicted molar refractivity (Wildman–Crippen MR) is 93.6 cm³/mol. The lowest BCUT2D eigenvalue weighted by molar-refractivity contribution is -0.114. The van der Waals surface area contributed by atoms with Crippen LogP contribution in [0, 0.1) is 0 Å². The Balaban J connectivity index is 1.93. The molecule has 2 amide bonds. The quantitative estimate of drug-likeness (QED) is 0.496. The van der Waals surface area contributed by atoms with Crippen LogP contribution in [0.4, 0.5) is 5.69 Å². The molecule has 0 saturated carbocycles. The van der Waals surface area contributed by atoms with Gasteiger partial charge in [0, 0.05) is 18.2 Å². The zero-order chi connectivity index (χ0) is 18.2. The highest BCUT2D eigenvalue weighted by molar-refractivity contribution is 5.96. The Morgan fingerprint density at radius 3 is 2.12 bits per heavy atom. The molecule has 0 heterocycles. The molecule has 0 radical (unpaired) electrons. The van der Waals surface area contributed by atoms with Gasteiger partial charge in [0.1, 0.15) is 0 Å². The largest absolute Gasteiger partial charge is 0.465 e. The van der Waals surface area contributed by atoms with E-state index < -0.39 is 5.97 Å². The number of carbonyl (C=O) groups excluding carboxylic acids is 3. The first-order valence-corrected chi connectivity index (χ1v) is 7.39. The first-order chi connectivity index (χ1) is 12.0. The number of nitrogens with zero attached hydrogens (tertiary/aromatic N) is 1. The fraction of sp³-hybridized carbons (Fsp3) is 0.111. The summed E-state index contributed by atoms with van der Waals surface area (Å²) in [6.07, 6.45) is 1.46. The van der Waals surface area contributed by atoms with Crippen LogP contribution in [0.3, 0.4) is 0 Å². The summed E-state index contributed by atoms with van der Waals surface area (Å²) in [5.74, 6) is -0.976. The molecule has 2 N–H and O–H groups in total. The molecule has 25 heavy (non-hydrogen) atoms. The molecule has 0 atom stereocenters. The second kappa shape index (κ2) is 8.39. The second-order valence-electron chi connectivity index (χ2n) is 5.07. The fourth-order valence-corrected chi connectivity index (χ4v) is 1.96. The Labute approximate surface area is 144 Å². The Bertz CT molecular complexity index is 796. The Morgan fingerprint density at radius 1 is 0.960 bits per heavy atom. The number of hydrogen-bond donors (Lipinski definition) is 2. The maximum Gasteiger partial charge on any atom is 0.337 e. The molecule has 7 nitrogen and oxygen atoms in total. The van der Waals surface area contributed by atoms with Crippen molar-refractivity contribution in [3.63, 3.8) is 0 Å². The summed E-state index contributed by atoms with van der Waals surface area (Å²) in [5, 5.41) is 6.49. The number of benzene rings is 2. The lowest BCUT2D eigenvalue weighted by Gasteiger charge is -2.03. The van der Waals surface area contributed by atoms with Gasteiger partial charge in [-0.3, -0.25) is 9.59 Å². The molecule has 2 aromatic rings. The van der Waals surface area contributed by atoms with Crippen molar-refractivity contribution in [3.05, 3.63) is 65.2 Å². The molecule has 0 aliphatic rings. The average molecular weight is 339 g/mol. The van der Waals surface area contributed by atoms with Gasteiger partial charge in [-0.25, -0.2) is 10.2 Å². The van der Waals surface area contributed by atoms with Crippen molar-refractivity contribution in [2.45, 2.75) is 6.92 Å².